The molecule has 1 aromatic rings. The van der Waals surface area contributed by atoms with E-state index in [9.17, 15) is 8.42 Å². The van der Waals surface area contributed by atoms with Gasteiger partial charge >= 0.3 is 0 Å². The highest BCUT2D eigenvalue weighted by Gasteiger charge is 2.33. The van der Waals surface area contributed by atoms with Crippen molar-refractivity contribution in [3.8, 4) is 0 Å². The van der Waals surface area contributed by atoms with Gasteiger partial charge in [-0.1, -0.05) is 6.92 Å². The molecule has 2 rings (SSSR count). The Morgan fingerprint density at radius 1 is 1.38 bits per heavy atom. The summed E-state index contributed by atoms with van der Waals surface area (Å²) in [5, 5.41) is 5.12. The minimum Gasteiger partial charge on any atom is -0.373 e. The summed E-state index contributed by atoms with van der Waals surface area (Å²) in [7, 11) is -3.43. The lowest BCUT2D eigenvalue weighted by molar-refractivity contribution is -0.0440. The number of morpholine rings is 1. The van der Waals surface area contributed by atoms with Gasteiger partial charge in [-0.3, -0.25) is 0 Å². The number of hydrogen-bond donors (Lipinski definition) is 1. The van der Waals surface area contributed by atoms with E-state index in [-0.39, 0.29) is 12.2 Å². The highest BCUT2D eigenvalue weighted by Crippen LogP contribution is 2.27. The summed E-state index contributed by atoms with van der Waals surface area (Å²) in [6.07, 6.45) is 0.902. The van der Waals surface area contributed by atoms with E-state index >= 15 is 0 Å². The average Bonchev–Trinajstić information content (AvgIpc) is 2.87. The molecule has 7 heteroatoms. The van der Waals surface area contributed by atoms with E-state index in [1.807, 2.05) is 19.2 Å². The molecule has 0 unspecified atom stereocenters. The summed E-state index contributed by atoms with van der Waals surface area (Å²) in [6, 6.07) is 1.72. The third-order valence-electron chi connectivity index (χ3n) is 3.42. The second kappa shape index (κ2) is 7.19. The van der Waals surface area contributed by atoms with Crippen LogP contribution in [0.2, 0.25) is 0 Å². The molecule has 5 nitrogen and oxygen atoms in total. The molecule has 0 aliphatic carbocycles. The largest absolute Gasteiger partial charge is 0.373 e. The van der Waals surface area contributed by atoms with E-state index in [4.69, 9.17) is 4.74 Å². The van der Waals surface area contributed by atoms with Crippen LogP contribution in [0, 0.1) is 0 Å². The van der Waals surface area contributed by atoms with Gasteiger partial charge in [0.15, 0.2) is 0 Å². The first-order valence-electron chi connectivity index (χ1n) is 7.37. The van der Waals surface area contributed by atoms with Crippen LogP contribution in [0.25, 0.3) is 0 Å². The number of hydrogen-bond acceptors (Lipinski definition) is 5. The van der Waals surface area contributed by atoms with Gasteiger partial charge in [0.2, 0.25) is 10.0 Å². The molecule has 21 heavy (non-hydrogen) atoms. The Kier molecular flexibility index (Phi) is 5.79. The topological polar surface area (TPSA) is 58.6 Å². The molecule has 0 saturated carbocycles. The smallest absolute Gasteiger partial charge is 0.244 e. The van der Waals surface area contributed by atoms with Crippen LogP contribution in [-0.4, -0.2) is 44.6 Å². The van der Waals surface area contributed by atoms with Crippen LogP contribution in [-0.2, 0) is 21.3 Å². The minimum atomic E-state index is -3.43. The lowest BCUT2D eigenvalue weighted by Gasteiger charge is -2.34. The number of thiophene rings is 1. The predicted molar refractivity (Wildman–Crippen MR) is 85.1 cm³/mol. The van der Waals surface area contributed by atoms with E-state index < -0.39 is 10.0 Å². The monoisotopic (exact) mass is 332 g/mol. The highest BCUT2D eigenvalue weighted by molar-refractivity contribution is 7.89. The van der Waals surface area contributed by atoms with Crippen LogP contribution >= 0.6 is 11.3 Å². The van der Waals surface area contributed by atoms with Gasteiger partial charge in [-0.2, -0.15) is 4.31 Å². The molecule has 1 saturated heterocycles. The predicted octanol–water partition coefficient (Wildman–Crippen LogP) is 2.05. The van der Waals surface area contributed by atoms with E-state index in [0.29, 0.717) is 24.5 Å². The summed E-state index contributed by atoms with van der Waals surface area (Å²) >= 11 is 1.49. The van der Waals surface area contributed by atoms with Gasteiger partial charge in [0.05, 0.1) is 17.1 Å². The quantitative estimate of drug-likeness (QED) is 0.810. The van der Waals surface area contributed by atoms with E-state index in [1.54, 1.807) is 10.4 Å². The molecule has 0 amide bonds. The van der Waals surface area contributed by atoms with Gasteiger partial charge in [0.1, 0.15) is 0 Å². The van der Waals surface area contributed by atoms with Gasteiger partial charge in [0, 0.05) is 24.5 Å². The molecule has 2 atom stereocenters. The second-order valence-electron chi connectivity index (χ2n) is 5.46. The fraction of sp³-hybridized carbons (Fsp3) is 0.714. The third kappa shape index (κ3) is 4.04. The van der Waals surface area contributed by atoms with Crippen molar-refractivity contribution in [2.24, 2.45) is 0 Å². The molecule has 0 aromatic carbocycles. The van der Waals surface area contributed by atoms with Crippen molar-refractivity contribution in [3.05, 3.63) is 16.3 Å². The first kappa shape index (κ1) is 16.9. The van der Waals surface area contributed by atoms with Gasteiger partial charge in [-0.15, -0.1) is 11.3 Å². The van der Waals surface area contributed by atoms with Crippen molar-refractivity contribution < 1.29 is 13.2 Å². The molecule has 0 spiro atoms. The zero-order valence-corrected chi connectivity index (χ0v) is 14.5. The molecular formula is C14H24N2O3S2. The van der Waals surface area contributed by atoms with Crippen LogP contribution in [0.15, 0.2) is 16.3 Å². The van der Waals surface area contributed by atoms with E-state index in [2.05, 4.69) is 12.2 Å². The van der Waals surface area contributed by atoms with Crippen molar-refractivity contribution in [1.82, 2.24) is 9.62 Å². The Hall–Kier alpha value is -0.470. The van der Waals surface area contributed by atoms with Crippen LogP contribution in [0.3, 0.4) is 0 Å². The first-order chi connectivity index (χ1) is 9.95. The zero-order valence-electron chi connectivity index (χ0n) is 12.8. The number of sulfonamides is 1. The Morgan fingerprint density at radius 3 is 2.67 bits per heavy atom. The summed E-state index contributed by atoms with van der Waals surface area (Å²) in [6.45, 7) is 8.26. The molecular weight excluding hydrogens is 308 g/mol. The average molecular weight is 332 g/mol. The molecule has 0 bridgehead atoms. The minimum absolute atomic E-state index is 0.0659. The van der Waals surface area contributed by atoms with Crippen LogP contribution < -0.4 is 5.32 Å². The second-order valence-corrected chi connectivity index (χ2v) is 8.37. The molecule has 120 valence electrons. The zero-order chi connectivity index (χ0) is 15.5. The Morgan fingerprint density at radius 2 is 2.05 bits per heavy atom. The maximum atomic E-state index is 12.8. The van der Waals surface area contributed by atoms with Gasteiger partial charge in [0.25, 0.3) is 0 Å². The maximum Gasteiger partial charge on any atom is 0.244 e. The van der Waals surface area contributed by atoms with Gasteiger partial charge < -0.3 is 10.1 Å². The molecule has 0 radical (unpaired) electrons. The van der Waals surface area contributed by atoms with Crippen molar-refractivity contribution in [1.29, 1.82) is 0 Å². The lowest BCUT2D eigenvalue weighted by Crippen LogP contribution is -2.48. The van der Waals surface area contributed by atoms with Gasteiger partial charge in [-0.25, -0.2) is 8.42 Å². The molecule has 2 heterocycles. The van der Waals surface area contributed by atoms with E-state index in [1.165, 1.54) is 11.3 Å². The summed E-state index contributed by atoms with van der Waals surface area (Å²) in [5.74, 6) is 0. The molecule has 1 aliphatic heterocycles. The normalized spacial score (nSPS) is 24.3. The van der Waals surface area contributed by atoms with E-state index in [0.717, 1.165) is 17.8 Å². The highest BCUT2D eigenvalue weighted by atomic mass is 32.2. The molecule has 1 aliphatic rings. The first-order valence-corrected chi connectivity index (χ1v) is 9.69. The summed E-state index contributed by atoms with van der Waals surface area (Å²) in [5.41, 5.74) is 0. The van der Waals surface area contributed by atoms with Crippen molar-refractivity contribution in [3.63, 3.8) is 0 Å². The molecule has 1 aromatic heterocycles. The number of nitrogens with one attached hydrogen (secondary N) is 1. The maximum absolute atomic E-state index is 12.8. The molecule has 1 N–H and O–H groups in total. The summed E-state index contributed by atoms with van der Waals surface area (Å²) in [4.78, 5) is 1.33. The molecule has 1 fully saturated rings. The number of rotatable bonds is 6. The Labute approximate surface area is 131 Å². The number of nitrogens with zero attached hydrogens (tertiary/aromatic N) is 1. The fourth-order valence-corrected chi connectivity index (χ4v) is 5.51. The van der Waals surface area contributed by atoms with Crippen molar-refractivity contribution in [2.75, 3.05) is 19.6 Å². The van der Waals surface area contributed by atoms with Gasteiger partial charge in [-0.05, 0) is 38.3 Å². The summed E-state index contributed by atoms with van der Waals surface area (Å²) < 4.78 is 32.9. The lowest BCUT2D eigenvalue weighted by atomic mass is 10.3. The van der Waals surface area contributed by atoms with Crippen LogP contribution in [0.4, 0.5) is 0 Å². The Bertz CT molecular complexity index is 546. The third-order valence-corrected chi connectivity index (χ3v) is 6.39. The van der Waals surface area contributed by atoms with Crippen LogP contribution in [0.1, 0.15) is 32.1 Å². The fourth-order valence-electron chi connectivity index (χ4n) is 2.53. The Balaban J connectivity index is 2.17. The number of ether oxygens (including phenoxy) is 1. The van der Waals surface area contributed by atoms with Crippen LogP contribution in [0.5, 0.6) is 0 Å². The van der Waals surface area contributed by atoms with Crippen molar-refractivity contribution in [2.45, 2.75) is 50.8 Å². The van der Waals surface area contributed by atoms with Crippen molar-refractivity contribution >= 4 is 21.4 Å². The standard InChI is InChI=1S/C14H24N2O3S2/c1-4-6-15-8-13-14(5-7-20-13)21(17,18)16-9-11(2)19-12(3)10-16/h5,7,11-12,15H,4,6,8-10H2,1-3H3/t11-,12+. The SMILES string of the molecule is CCCNCc1sccc1S(=O)(=O)N1C[C@@H](C)O[C@@H](C)C1.